The second-order valence-corrected chi connectivity index (χ2v) is 15.6. The molecule has 0 radical (unpaired) electrons. The highest BCUT2D eigenvalue weighted by atomic mass is 14.9. The predicted molar refractivity (Wildman–Crippen MR) is 227 cm³/mol. The van der Waals surface area contributed by atoms with E-state index in [-0.39, 0.29) is 0 Å². The van der Waals surface area contributed by atoms with E-state index >= 15 is 0 Å². The second-order valence-electron chi connectivity index (χ2n) is 15.6. The minimum absolute atomic E-state index is 1.04. The summed E-state index contributed by atoms with van der Waals surface area (Å²) in [7, 11) is 0. The van der Waals surface area contributed by atoms with Crippen LogP contribution in [0.2, 0.25) is 0 Å². The molecular weight excluding hydrogens is 605 g/mol. The van der Waals surface area contributed by atoms with Crippen LogP contribution in [-0.2, 0) is 12.8 Å². The summed E-state index contributed by atoms with van der Waals surface area (Å²) in [6.07, 6.45) is 44.8. The molecule has 0 aliphatic heterocycles. The van der Waals surface area contributed by atoms with Gasteiger partial charge in [-0.2, -0.15) is 0 Å². The van der Waals surface area contributed by atoms with Crippen LogP contribution in [0.25, 0.3) is 0 Å². The van der Waals surface area contributed by atoms with Gasteiger partial charge in [-0.05, 0) is 73.9 Å². The Hall–Kier alpha value is -1.96. The van der Waals surface area contributed by atoms with Gasteiger partial charge in [0.05, 0.1) is 0 Å². The predicted octanol–water partition coefficient (Wildman–Crippen LogP) is 16.0. The maximum atomic E-state index is 3.62. The van der Waals surface area contributed by atoms with Crippen LogP contribution in [0.1, 0.15) is 218 Å². The maximum Gasteiger partial charge on any atom is 0.0340 e. The molecule has 0 fully saturated rings. The van der Waals surface area contributed by atoms with Gasteiger partial charge in [0.25, 0.3) is 0 Å². The second kappa shape index (κ2) is 34.1. The highest BCUT2D eigenvalue weighted by Crippen LogP contribution is 2.18. The average molecular weight is 689 g/mol. The molecule has 0 amide bonds. The van der Waals surface area contributed by atoms with Crippen LogP contribution in [0.15, 0.2) is 48.5 Å². The quantitative estimate of drug-likeness (QED) is 0.0691. The molecule has 2 aromatic carbocycles. The van der Waals surface area contributed by atoms with Crippen molar-refractivity contribution < 1.29 is 0 Å². The Bertz CT molecular complexity index is 870. The van der Waals surface area contributed by atoms with E-state index < -0.39 is 0 Å². The zero-order chi connectivity index (χ0) is 35.4. The van der Waals surface area contributed by atoms with Crippen LogP contribution in [0.5, 0.6) is 0 Å². The normalized spacial score (nSPS) is 11.3. The van der Waals surface area contributed by atoms with E-state index in [0.717, 1.165) is 13.1 Å². The monoisotopic (exact) mass is 689 g/mol. The summed E-state index contributed by atoms with van der Waals surface area (Å²) in [5, 5.41) is 7.25. The summed E-state index contributed by atoms with van der Waals surface area (Å²) in [6, 6.07) is 18.4. The molecule has 2 nitrogen and oxygen atoms in total. The minimum Gasteiger partial charge on any atom is -0.385 e. The van der Waals surface area contributed by atoms with Gasteiger partial charge in [0, 0.05) is 24.5 Å². The number of rotatable bonds is 37. The van der Waals surface area contributed by atoms with Crippen molar-refractivity contribution in [3.8, 4) is 0 Å². The third kappa shape index (κ3) is 26.8. The summed E-state index contributed by atoms with van der Waals surface area (Å²) in [4.78, 5) is 0. The lowest BCUT2D eigenvalue weighted by Crippen LogP contribution is -2.06. The SMILES string of the molecule is CCCCCCCCCCCCCCCCc1ccc(NCCCCNc2ccc(CCCCCCCCCCCCCCCC)cc2)cc1. The first kappa shape index (κ1) is 44.2. The van der Waals surface area contributed by atoms with Crippen LogP contribution in [0.4, 0.5) is 11.4 Å². The molecule has 0 saturated carbocycles. The minimum atomic E-state index is 1.04. The standard InChI is InChI=1S/C48H84N2/c1-3-5-7-9-11-13-15-17-19-21-23-25-27-29-33-45-35-39-47(40-36-45)49-43-31-32-44-50-48-41-37-46(38-42-48)34-30-28-26-24-22-20-18-16-14-12-10-8-6-4-2/h35-42,49-50H,3-34,43-44H2,1-2H3. The molecular formula is C48H84N2. The molecule has 0 saturated heterocycles. The molecule has 0 unspecified atom stereocenters. The first-order valence-corrected chi connectivity index (χ1v) is 22.5. The van der Waals surface area contributed by atoms with Crippen molar-refractivity contribution in [1.82, 2.24) is 0 Å². The van der Waals surface area contributed by atoms with E-state index in [1.807, 2.05) is 0 Å². The number of nitrogens with one attached hydrogen (secondary N) is 2. The Morgan fingerprint density at radius 1 is 0.280 bits per heavy atom. The van der Waals surface area contributed by atoms with Crippen molar-refractivity contribution in [2.75, 3.05) is 23.7 Å². The summed E-state index contributed by atoms with van der Waals surface area (Å²) >= 11 is 0. The number of benzene rings is 2. The molecule has 0 aromatic heterocycles. The molecule has 2 rings (SSSR count). The third-order valence-electron chi connectivity index (χ3n) is 10.8. The fourth-order valence-corrected chi connectivity index (χ4v) is 7.34. The molecule has 2 heteroatoms. The Morgan fingerprint density at radius 2 is 0.520 bits per heavy atom. The zero-order valence-electron chi connectivity index (χ0n) is 33.7. The summed E-state index contributed by atoms with van der Waals surface area (Å²) in [6.45, 7) is 6.68. The Balaban J connectivity index is 1.35. The molecule has 2 N–H and O–H groups in total. The van der Waals surface area contributed by atoms with Gasteiger partial charge in [-0.25, -0.2) is 0 Å². The largest absolute Gasteiger partial charge is 0.385 e. The van der Waals surface area contributed by atoms with E-state index in [0.29, 0.717) is 0 Å². The summed E-state index contributed by atoms with van der Waals surface area (Å²) in [5.74, 6) is 0. The van der Waals surface area contributed by atoms with Crippen LogP contribution in [0, 0.1) is 0 Å². The van der Waals surface area contributed by atoms with Gasteiger partial charge >= 0.3 is 0 Å². The van der Waals surface area contributed by atoms with Gasteiger partial charge in [0.1, 0.15) is 0 Å². The summed E-state index contributed by atoms with van der Waals surface area (Å²) < 4.78 is 0. The number of unbranched alkanes of at least 4 members (excludes halogenated alkanes) is 27. The van der Waals surface area contributed by atoms with Gasteiger partial charge in [-0.1, -0.05) is 205 Å². The van der Waals surface area contributed by atoms with Crippen molar-refractivity contribution >= 4 is 11.4 Å². The molecule has 0 atom stereocenters. The number of anilines is 2. The fraction of sp³-hybridized carbons (Fsp3) is 0.750. The lowest BCUT2D eigenvalue weighted by atomic mass is 10.0. The van der Waals surface area contributed by atoms with Gasteiger partial charge < -0.3 is 10.6 Å². The molecule has 0 spiro atoms. The van der Waals surface area contributed by atoms with E-state index in [1.54, 1.807) is 0 Å². The lowest BCUT2D eigenvalue weighted by Gasteiger charge is -2.10. The molecule has 0 aliphatic rings. The molecule has 2 aromatic rings. The molecule has 0 bridgehead atoms. The van der Waals surface area contributed by atoms with Crippen molar-refractivity contribution in [3.63, 3.8) is 0 Å². The van der Waals surface area contributed by atoms with Crippen LogP contribution < -0.4 is 10.6 Å². The smallest absolute Gasteiger partial charge is 0.0340 e. The van der Waals surface area contributed by atoms with E-state index in [1.165, 1.54) is 228 Å². The fourth-order valence-electron chi connectivity index (χ4n) is 7.34. The van der Waals surface area contributed by atoms with Crippen LogP contribution in [-0.4, -0.2) is 13.1 Å². The van der Waals surface area contributed by atoms with Gasteiger partial charge in [0.2, 0.25) is 0 Å². The van der Waals surface area contributed by atoms with E-state index in [4.69, 9.17) is 0 Å². The number of hydrogen-bond donors (Lipinski definition) is 2. The van der Waals surface area contributed by atoms with Crippen LogP contribution >= 0.6 is 0 Å². The zero-order valence-corrected chi connectivity index (χ0v) is 33.7. The molecule has 286 valence electrons. The first-order chi connectivity index (χ1) is 24.8. The van der Waals surface area contributed by atoms with Gasteiger partial charge in [-0.3, -0.25) is 0 Å². The maximum absolute atomic E-state index is 3.62. The van der Waals surface area contributed by atoms with Gasteiger partial charge in [-0.15, -0.1) is 0 Å². The molecule has 0 heterocycles. The first-order valence-electron chi connectivity index (χ1n) is 22.5. The topological polar surface area (TPSA) is 24.1 Å². The average Bonchev–Trinajstić information content (AvgIpc) is 3.14. The Morgan fingerprint density at radius 3 is 0.780 bits per heavy atom. The van der Waals surface area contributed by atoms with E-state index in [9.17, 15) is 0 Å². The van der Waals surface area contributed by atoms with Crippen molar-refractivity contribution in [2.24, 2.45) is 0 Å². The Kier molecular flexibility index (Phi) is 30.2. The molecule has 0 aliphatic carbocycles. The van der Waals surface area contributed by atoms with Crippen molar-refractivity contribution in [1.29, 1.82) is 0 Å². The van der Waals surface area contributed by atoms with Crippen molar-refractivity contribution in [3.05, 3.63) is 59.7 Å². The summed E-state index contributed by atoms with van der Waals surface area (Å²) in [5.41, 5.74) is 5.50. The van der Waals surface area contributed by atoms with Crippen molar-refractivity contribution in [2.45, 2.75) is 219 Å². The third-order valence-corrected chi connectivity index (χ3v) is 10.8. The van der Waals surface area contributed by atoms with Crippen LogP contribution in [0.3, 0.4) is 0 Å². The highest BCUT2D eigenvalue weighted by molar-refractivity contribution is 5.45. The lowest BCUT2D eigenvalue weighted by molar-refractivity contribution is 0.535. The highest BCUT2D eigenvalue weighted by Gasteiger charge is 2.00. The number of hydrogen-bond acceptors (Lipinski definition) is 2. The Labute approximate surface area is 313 Å². The van der Waals surface area contributed by atoms with E-state index in [2.05, 4.69) is 73.0 Å². The number of aryl methyl sites for hydroxylation is 2. The molecule has 50 heavy (non-hydrogen) atoms. The van der Waals surface area contributed by atoms with Gasteiger partial charge in [0.15, 0.2) is 0 Å².